The highest BCUT2D eigenvalue weighted by Gasteiger charge is 2.17. The summed E-state index contributed by atoms with van der Waals surface area (Å²) in [5.41, 5.74) is 6.68. The third-order valence-electron chi connectivity index (χ3n) is 3.28. The summed E-state index contributed by atoms with van der Waals surface area (Å²) in [7, 11) is 0. The van der Waals surface area contributed by atoms with Crippen molar-refractivity contribution >= 4 is 18.3 Å². The van der Waals surface area contributed by atoms with E-state index >= 15 is 0 Å². The number of amides is 1. The van der Waals surface area contributed by atoms with Gasteiger partial charge in [0.2, 0.25) is 5.91 Å². The van der Waals surface area contributed by atoms with E-state index in [0.717, 1.165) is 17.1 Å². The highest BCUT2D eigenvalue weighted by Crippen LogP contribution is 2.30. The van der Waals surface area contributed by atoms with E-state index in [0.29, 0.717) is 19.8 Å². The van der Waals surface area contributed by atoms with Crippen molar-refractivity contribution in [2.24, 2.45) is 11.7 Å². The predicted molar refractivity (Wildman–Crippen MR) is 79.3 cm³/mol. The maximum atomic E-state index is 11.8. The fraction of sp³-hybridized carbons (Fsp3) is 0.500. The van der Waals surface area contributed by atoms with Crippen molar-refractivity contribution in [3.05, 3.63) is 23.8 Å². The molecular weight excluding hydrogens is 280 g/mol. The molecule has 1 aliphatic rings. The molecule has 5 nitrogen and oxygen atoms in total. The molecule has 0 bridgehead atoms. The monoisotopic (exact) mass is 300 g/mol. The molecule has 6 heteroatoms. The van der Waals surface area contributed by atoms with Crippen molar-refractivity contribution in [2.75, 3.05) is 13.2 Å². The minimum atomic E-state index is -0.197. The van der Waals surface area contributed by atoms with Gasteiger partial charge in [-0.3, -0.25) is 4.79 Å². The number of carbonyl (C=O) groups excluding carboxylic acids is 1. The molecule has 0 aliphatic carbocycles. The number of nitrogens with one attached hydrogen (secondary N) is 1. The van der Waals surface area contributed by atoms with E-state index in [1.54, 1.807) is 0 Å². The van der Waals surface area contributed by atoms with Gasteiger partial charge in [0.1, 0.15) is 13.2 Å². The second-order valence-corrected chi connectivity index (χ2v) is 4.84. The number of carbonyl (C=O) groups is 1. The summed E-state index contributed by atoms with van der Waals surface area (Å²) in [6, 6.07) is 5.53. The molecule has 1 amide bonds. The van der Waals surface area contributed by atoms with Crippen molar-refractivity contribution in [2.45, 2.75) is 26.4 Å². The van der Waals surface area contributed by atoms with Gasteiger partial charge in [-0.2, -0.15) is 0 Å². The lowest BCUT2D eigenvalue weighted by Gasteiger charge is -2.19. The first-order chi connectivity index (χ1) is 9.08. The zero-order valence-electron chi connectivity index (χ0n) is 11.7. The molecule has 20 heavy (non-hydrogen) atoms. The van der Waals surface area contributed by atoms with E-state index in [-0.39, 0.29) is 30.3 Å². The van der Waals surface area contributed by atoms with Crippen LogP contribution in [0.1, 0.15) is 19.4 Å². The number of hydrogen-bond donors (Lipinski definition) is 2. The lowest BCUT2D eigenvalue weighted by atomic mass is 10.0. The van der Waals surface area contributed by atoms with E-state index in [4.69, 9.17) is 15.2 Å². The summed E-state index contributed by atoms with van der Waals surface area (Å²) in [6.07, 6.45) is 0. The van der Waals surface area contributed by atoms with Crippen LogP contribution in [-0.4, -0.2) is 25.2 Å². The molecule has 2 rings (SSSR count). The molecule has 0 saturated heterocycles. The molecule has 1 aromatic rings. The summed E-state index contributed by atoms with van der Waals surface area (Å²) in [4.78, 5) is 11.8. The number of benzene rings is 1. The average Bonchev–Trinajstić information content (AvgIpc) is 2.43. The van der Waals surface area contributed by atoms with Crippen LogP contribution in [0.4, 0.5) is 0 Å². The molecule has 2 unspecified atom stereocenters. The van der Waals surface area contributed by atoms with Gasteiger partial charge >= 0.3 is 0 Å². The van der Waals surface area contributed by atoms with Crippen LogP contribution in [0.15, 0.2) is 18.2 Å². The molecule has 112 valence electrons. The maximum Gasteiger partial charge on any atom is 0.224 e. The van der Waals surface area contributed by atoms with Crippen LogP contribution >= 0.6 is 12.4 Å². The van der Waals surface area contributed by atoms with Gasteiger partial charge < -0.3 is 20.5 Å². The quantitative estimate of drug-likeness (QED) is 0.883. The van der Waals surface area contributed by atoms with Crippen molar-refractivity contribution in [1.29, 1.82) is 0 Å². The van der Waals surface area contributed by atoms with E-state index < -0.39 is 0 Å². The Balaban J connectivity index is 0.00000200. The molecule has 2 atom stereocenters. The van der Waals surface area contributed by atoms with Gasteiger partial charge in [0.15, 0.2) is 11.5 Å². The molecule has 0 fully saturated rings. The molecule has 1 aliphatic heterocycles. The van der Waals surface area contributed by atoms with E-state index in [1.165, 1.54) is 0 Å². The Morgan fingerprint density at radius 3 is 2.60 bits per heavy atom. The largest absolute Gasteiger partial charge is 0.486 e. The number of halogens is 1. The second-order valence-electron chi connectivity index (χ2n) is 4.84. The SMILES string of the molecule is CC(N)C(C)C(=O)NCc1ccc2c(c1)OCCO2.Cl. The smallest absolute Gasteiger partial charge is 0.224 e. The summed E-state index contributed by atoms with van der Waals surface area (Å²) in [5, 5.41) is 2.87. The lowest BCUT2D eigenvalue weighted by molar-refractivity contribution is -0.125. The number of hydrogen-bond acceptors (Lipinski definition) is 4. The number of nitrogens with two attached hydrogens (primary N) is 1. The number of fused-ring (bicyclic) bond motifs is 1. The molecule has 0 aromatic heterocycles. The summed E-state index contributed by atoms with van der Waals surface area (Å²) in [5.74, 6) is 1.26. The van der Waals surface area contributed by atoms with E-state index in [9.17, 15) is 4.79 Å². The van der Waals surface area contributed by atoms with Gasteiger partial charge in [-0.05, 0) is 24.6 Å². The Hall–Kier alpha value is -1.46. The second kappa shape index (κ2) is 7.36. The van der Waals surface area contributed by atoms with Gasteiger partial charge in [-0.15, -0.1) is 12.4 Å². The van der Waals surface area contributed by atoms with Crippen LogP contribution in [-0.2, 0) is 11.3 Å². The Kier molecular flexibility index (Phi) is 6.10. The fourth-order valence-corrected chi connectivity index (χ4v) is 1.79. The number of ether oxygens (including phenoxy) is 2. The van der Waals surface area contributed by atoms with E-state index in [1.807, 2.05) is 32.0 Å². The Morgan fingerprint density at radius 2 is 1.95 bits per heavy atom. The number of rotatable bonds is 4. The predicted octanol–water partition coefficient (Wildman–Crippen LogP) is 1.48. The first kappa shape index (κ1) is 16.6. The molecule has 0 radical (unpaired) electrons. The summed E-state index contributed by atoms with van der Waals surface area (Å²) < 4.78 is 10.9. The zero-order valence-corrected chi connectivity index (χ0v) is 12.5. The van der Waals surface area contributed by atoms with Crippen molar-refractivity contribution in [3.63, 3.8) is 0 Å². The van der Waals surface area contributed by atoms with Crippen LogP contribution in [0.5, 0.6) is 11.5 Å². The van der Waals surface area contributed by atoms with Crippen LogP contribution in [0, 0.1) is 5.92 Å². The Bertz CT molecular complexity index is 466. The Morgan fingerprint density at radius 1 is 1.30 bits per heavy atom. The highest BCUT2D eigenvalue weighted by atomic mass is 35.5. The van der Waals surface area contributed by atoms with Crippen LogP contribution in [0.2, 0.25) is 0 Å². The van der Waals surface area contributed by atoms with Crippen LogP contribution < -0.4 is 20.5 Å². The maximum absolute atomic E-state index is 11.8. The van der Waals surface area contributed by atoms with Gasteiger partial charge in [0, 0.05) is 18.5 Å². The Labute approximate surface area is 125 Å². The third-order valence-corrected chi connectivity index (χ3v) is 3.28. The van der Waals surface area contributed by atoms with Crippen LogP contribution in [0.25, 0.3) is 0 Å². The van der Waals surface area contributed by atoms with Crippen molar-refractivity contribution < 1.29 is 14.3 Å². The minimum absolute atomic E-state index is 0. The molecule has 1 aromatic carbocycles. The topological polar surface area (TPSA) is 73.6 Å². The average molecular weight is 301 g/mol. The molecule has 0 saturated carbocycles. The van der Waals surface area contributed by atoms with E-state index in [2.05, 4.69) is 5.32 Å². The normalized spacial score (nSPS) is 15.8. The zero-order chi connectivity index (χ0) is 13.8. The van der Waals surface area contributed by atoms with Gasteiger partial charge in [0.05, 0.1) is 0 Å². The van der Waals surface area contributed by atoms with Crippen molar-refractivity contribution in [1.82, 2.24) is 5.32 Å². The lowest BCUT2D eigenvalue weighted by Crippen LogP contribution is -2.38. The van der Waals surface area contributed by atoms with Crippen LogP contribution in [0.3, 0.4) is 0 Å². The molecular formula is C14H21ClN2O3. The van der Waals surface area contributed by atoms with Gasteiger partial charge in [0.25, 0.3) is 0 Å². The molecule has 3 N–H and O–H groups in total. The fourth-order valence-electron chi connectivity index (χ4n) is 1.79. The first-order valence-corrected chi connectivity index (χ1v) is 6.49. The molecule has 1 heterocycles. The highest BCUT2D eigenvalue weighted by molar-refractivity contribution is 5.85. The minimum Gasteiger partial charge on any atom is -0.486 e. The first-order valence-electron chi connectivity index (χ1n) is 6.49. The molecule has 0 spiro atoms. The van der Waals surface area contributed by atoms with Crippen molar-refractivity contribution in [3.8, 4) is 11.5 Å². The summed E-state index contributed by atoms with van der Waals surface area (Å²) >= 11 is 0. The third kappa shape index (κ3) is 4.02. The summed E-state index contributed by atoms with van der Waals surface area (Å²) in [6.45, 7) is 5.25. The van der Waals surface area contributed by atoms with Gasteiger partial charge in [-0.25, -0.2) is 0 Å². The van der Waals surface area contributed by atoms with Gasteiger partial charge in [-0.1, -0.05) is 13.0 Å². The standard InChI is InChI=1S/C14H20N2O3.ClH/c1-9(10(2)15)14(17)16-8-11-3-4-12-13(7-11)19-6-5-18-12;/h3-4,7,9-10H,5-6,8,15H2,1-2H3,(H,16,17);1H.